The Bertz CT molecular complexity index is 1690. The number of fused-ring (bicyclic) bond motifs is 6. The fraction of sp³-hybridized carbons (Fsp3) is 0.371. The highest BCUT2D eigenvalue weighted by atomic mass is 16.5. The molecule has 1 aromatic heterocycles. The van der Waals surface area contributed by atoms with Crippen LogP contribution < -0.4 is 5.43 Å². The monoisotopic (exact) mass is 568 g/mol. The minimum Gasteiger partial charge on any atom is -0.508 e. The summed E-state index contributed by atoms with van der Waals surface area (Å²) in [5.41, 5.74) is 3.51. The molecule has 0 amide bonds. The van der Waals surface area contributed by atoms with Crippen molar-refractivity contribution >= 4 is 16.9 Å². The van der Waals surface area contributed by atoms with E-state index in [2.05, 4.69) is 13.0 Å². The molecular weight excluding hydrogens is 532 g/mol. The number of phenols is 3. The number of carbonyl (C=O) groups is 1. The minimum absolute atomic E-state index is 0.0671. The van der Waals surface area contributed by atoms with E-state index in [1.165, 1.54) is 49.4 Å². The number of phenolic OH excluding ortho intramolecular Hbond substituents is 3. The molecule has 0 spiro atoms. The Morgan fingerprint density at radius 2 is 1.71 bits per heavy atom. The van der Waals surface area contributed by atoms with E-state index in [0.29, 0.717) is 29.3 Å². The predicted molar refractivity (Wildman–Crippen MR) is 160 cm³/mol. The zero-order valence-electron chi connectivity index (χ0n) is 23.9. The van der Waals surface area contributed by atoms with Gasteiger partial charge in [0.15, 0.2) is 5.43 Å². The van der Waals surface area contributed by atoms with Crippen molar-refractivity contribution in [3.63, 3.8) is 0 Å². The lowest BCUT2D eigenvalue weighted by Gasteiger charge is -2.50. The third-order valence-electron chi connectivity index (χ3n) is 9.78. The first kappa shape index (κ1) is 27.9. The summed E-state index contributed by atoms with van der Waals surface area (Å²) < 4.78 is 11.2. The van der Waals surface area contributed by atoms with Crippen LogP contribution in [0.3, 0.4) is 0 Å². The second-order valence-corrected chi connectivity index (χ2v) is 12.2. The van der Waals surface area contributed by atoms with Crippen molar-refractivity contribution in [3.05, 3.63) is 88.1 Å². The Morgan fingerprint density at radius 1 is 0.929 bits per heavy atom. The molecule has 0 radical (unpaired) electrons. The number of aryl methyl sites for hydroxylation is 1. The van der Waals surface area contributed by atoms with Gasteiger partial charge in [-0.25, -0.2) is 0 Å². The quantitative estimate of drug-likeness (QED) is 0.222. The van der Waals surface area contributed by atoms with Gasteiger partial charge in [-0.1, -0.05) is 43.3 Å². The fourth-order valence-electron chi connectivity index (χ4n) is 7.91. The molecular formula is C35H36O7. The van der Waals surface area contributed by atoms with Crippen molar-refractivity contribution < 1.29 is 29.3 Å². The standard InChI is InChI=1S/C20H26O3.C15H10O4/c1-12(21)23-19-8-7-18-17-5-3-13-11-14(22)4-6-15(13)16(17)9-10-20(18,19)2;16-10-6-11(17)15-12(18)8-13(19-14(15)7-10)9-4-2-1-3-5-9/h4,6,11,16-19,22H,3,5,7-10H2,1-2H3;1-8,16-17H. The van der Waals surface area contributed by atoms with Gasteiger partial charge in [-0.05, 0) is 79.5 Å². The van der Waals surface area contributed by atoms with Crippen LogP contribution in [0.4, 0.5) is 0 Å². The van der Waals surface area contributed by atoms with Crippen LogP contribution in [0.25, 0.3) is 22.3 Å². The van der Waals surface area contributed by atoms with Gasteiger partial charge in [0.05, 0.1) is 0 Å². The molecule has 3 aliphatic rings. The molecule has 5 atom stereocenters. The summed E-state index contributed by atoms with van der Waals surface area (Å²) in [5, 5.41) is 28.9. The largest absolute Gasteiger partial charge is 0.508 e. The summed E-state index contributed by atoms with van der Waals surface area (Å²) in [4.78, 5) is 23.5. The average molecular weight is 569 g/mol. The van der Waals surface area contributed by atoms with E-state index in [9.17, 15) is 24.9 Å². The third-order valence-corrected chi connectivity index (χ3v) is 9.78. The summed E-state index contributed by atoms with van der Waals surface area (Å²) in [5.74, 6) is 2.18. The molecule has 0 saturated heterocycles. The van der Waals surface area contributed by atoms with Crippen LogP contribution in [0.1, 0.15) is 63.0 Å². The van der Waals surface area contributed by atoms with Gasteiger partial charge in [-0.2, -0.15) is 0 Å². The normalized spacial score (nSPS) is 25.9. The molecule has 7 nitrogen and oxygen atoms in total. The number of carbonyl (C=O) groups excluding carboxylic acids is 1. The minimum atomic E-state index is -0.349. The van der Waals surface area contributed by atoms with Crippen LogP contribution in [0, 0.1) is 17.3 Å². The lowest BCUT2D eigenvalue weighted by molar-refractivity contribution is -0.154. The fourth-order valence-corrected chi connectivity index (χ4v) is 7.91. The Kier molecular flexibility index (Phi) is 7.21. The van der Waals surface area contributed by atoms with Crippen molar-refractivity contribution in [1.82, 2.24) is 0 Å². The van der Waals surface area contributed by atoms with E-state index in [1.54, 1.807) is 0 Å². The van der Waals surface area contributed by atoms with E-state index < -0.39 is 0 Å². The van der Waals surface area contributed by atoms with Gasteiger partial charge in [-0.15, -0.1) is 0 Å². The third kappa shape index (κ3) is 5.02. The van der Waals surface area contributed by atoms with Crippen molar-refractivity contribution in [2.45, 2.75) is 64.4 Å². The highest BCUT2D eigenvalue weighted by Crippen LogP contribution is 2.61. The Balaban J connectivity index is 0.000000153. The molecule has 2 saturated carbocycles. The first-order chi connectivity index (χ1) is 20.1. The van der Waals surface area contributed by atoms with E-state index in [-0.39, 0.29) is 45.4 Å². The number of hydrogen-bond donors (Lipinski definition) is 3. The van der Waals surface area contributed by atoms with Crippen molar-refractivity contribution in [1.29, 1.82) is 0 Å². The zero-order valence-corrected chi connectivity index (χ0v) is 23.9. The topological polar surface area (TPSA) is 117 Å². The second-order valence-electron chi connectivity index (χ2n) is 12.2. The van der Waals surface area contributed by atoms with Crippen LogP contribution in [0.5, 0.6) is 17.2 Å². The summed E-state index contributed by atoms with van der Waals surface area (Å²) in [7, 11) is 0. The second kappa shape index (κ2) is 10.9. The van der Waals surface area contributed by atoms with E-state index in [0.717, 1.165) is 30.9 Å². The molecule has 0 aliphatic heterocycles. The molecule has 1 heterocycles. The molecule has 0 bridgehead atoms. The maximum Gasteiger partial charge on any atom is 0.302 e. The number of benzene rings is 3. The predicted octanol–water partition coefficient (Wildman–Crippen LogP) is 7.05. The van der Waals surface area contributed by atoms with Gasteiger partial charge in [0.25, 0.3) is 0 Å². The zero-order chi connectivity index (χ0) is 29.6. The highest BCUT2D eigenvalue weighted by molar-refractivity contribution is 5.86. The summed E-state index contributed by atoms with van der Waals surface area (Å²) in [6.07, 6.45) is 6.89. The SMILES string of the molecule is CC(=O)OC1CCC2C3CCc4cc(O)ccc4C3CCC12C.O=c1cc(-c2ccccc2)oc2cc(O)cc(O)c12. The van der Waals surface area contributed by atoms with Crippen molar-refractivity contribution in [2.24, 2.45) is 17.3 Å². The molecule has 42 heavy (non-hydrogen) atoms. The molecule has 3 aromatic carbocycles. The molecule has 3 aliphatic carbocycles. The Labute approximate surface area is 244 Å². The Hall–Kier alpha value is -4.26. The molecule has 7 heteroatoms. The summed E-state index contributed by atoms with van der Waals surface area (Å²) in [6, 6.07) is 18.8. The lowest BCUT2D eigenvalue weighted by Crippen LogP contribution is -2.45. The highest BCUT2D eigenvalue weighted by Gasteiger charge is 2.56. The van der Waals surface area contributed by atoms with Crippen LogP contribution in [0.2, 0.25) is 0 Å². The van der Waals surface area contributed by atoms with Gasteiger partial charge in [-0.3, -0.25) is 9.59 Å². The van der Waals surface area contributed by atoms with Gasteiger partial charge in [0.2, 0.25) is 0 Å². The van der Waals surface area contributed by atoms with Gasteiger partial charge in [0, 0.05) is 36.1 Å². The molecule has 218 valence electrons. The van der Waals surface area contributed by atoms with E-state index in [1.807, 2.05) is 42.5 Å². The van der Waals surface area contributed by atoms with Crippen LogP contribution >= 0.6 is 0 Å². The number of hydrogen-bond acceptors (Lipinski definition) is 7. The maximum atomic E-state index is 12.0. The first-order valence-corrected chi connectivity index (χ1v) is 14.7. The lowest BCUT2D eigenvalue weighted by atomic mass is 9.55. The molecule has 4 aromatic rings. The van der Waals surface area contributed by atoms with Crippen molar-refractivity contribution in [2.75, 3.05) is 0 Å². The number of aromatic hydroxyl groups is 3. The number of ether oxygens (including phenoxy) is 1. The van der Waals surface area contributed by atoms with E-state index >= 15 is 0 Å². The number of rotatable bonds is 2. The smallest absolute Gasteiger partial charge is 0.302 e. The first-order valence-electron chi connectivity index (χ1n) is 14.7. The molecule has 3 N–H and O–H groups in total. The van der Waals surface area contributed by atoms with Crippen LogP contribution in [-0.4, -0.2) is 27.4 Å². The number of esters is 1. The average Bonchev–Trinajstić information content (AvgIpc) is 3.28. The molecule has 7 rings (SSSR count). The van der Waals surface area contributed by atoms with E-state index in [4.69, 9.17) is 9.15 Å². The van der Waals surface area contributed by atoms with Crippen LogP contribution in [-0.2, 0) is 16.0 Å². The van der Waals surface area contributed by atoms with Gasteiger partial charge >= 0.3 is 5.97 Å². The van der Waals surface area contributed by atoms with Gasteiger partial charge < -0.3 is 24.5 Å². The summed E-state index contributed by atoms with van der Waals surface area (Å²) >= 11 is 0. The van der Waals surface area contributed by atoms with Crippen LogP contribution in [0.15, 0.2) is 75.9 Å². The molecule has 2 fully saturated rings. The van der Waals surface area contributed by atoms with Gasteiger partial charge in [0.1, 0.15) is 40.1 Å². The maximum absolute atomic E-state index is 12.0. The molecule has 5 unspecified atom stereocenters. The Morgan fingerprint density at radius 3 is 2.48 bits per heavy atom. The summed E-state index contributed by atoms with van der Waals surface area (Å²) in [6.45, 7) is 3.88. The van der Waals surface area contributed by atoms with Crippen molar-refractivity contribution in [3.8, 4) is 28.6 Å².